The van der Waals surface area contributed by atoms with Gasteiger partial charge in [-0.3, -0.25) is 4.79 Å². The van der Waals surface area contributed by atoms with E-state index in [1.165, 1.54) is 0 Å². The molecule has 0 spiro atoms. The van der Waals surface area contributed by atoms with E-state index in [1.807, 2.05) is 0 Å². The Kier molecular flexibility index (Phi) is 4.70. The summed E-state index contributed by atoms with van der Waals surface area (Å²) >= 11 is 0. The summed E-state index contributed by atoms with van der Waals surface area (Å²) in [5, 5.41) is 2.90. The normalized spacial score (nSPS) is 13.1. The lowest BCUT2D eigenvalue weighted by Crippen LogP contribution is -2.33. The van der Waals surface area contributed by atoms with Gasteiger partial charge in [0.25, 0.3) is 5.91 Å². The summed E-state index contributed by atoms with van der Waals surface area (Å²) in [5.74, 6) is 0.333. The number of nitrogens with one attached hydrogen (secondary N) is 1. The van der Waals surface area contributed by atoms with Gasteiger partial charge in [0.05, 0.1) is 6.04 Å². The smallest absolute Gasteiger partial charge is 0.262 e. The molecular weight excluding hydrogens is 140 g/mol. The maximum absolute atomic E-state index is 11.0. The van der Waals surface area contributed by atoms with Crippen molar-refractivity contribution in [3.8, 4) is 0 Å². The predicted octanol–water partition coefficient (Wildman–Crippen LogP) is 0.848. The molecule has 0 aliphatic heterocycles. The molecule has 1 N–H and O–H groups in total. The maximum atomic E-state index is 11.0. The van der Waals surface area contributed by atoms with Crippen molar-refractivity contribution in [2.45, 2.75) is 26.3 Å². The van der Waals surface area contributed by atoms with Crippen LogP contribution in [-0.4, -0.2) is 25.7 Å². The van der Waals surface area contributed by atoms with Crippen LogP contribution in [0.4, 0.5) is 0 Å². The minimum atomic E-state index is -0.166. The summed E-state index contributed by atoms with van der Waals surface area (Å²) in [6, 6.07) is -0.160. The first-order valence-electron chi connectivity index (χ1n) is 3.79. The summed E-state index contributed by atoms with van der Waals surface area (Å²) in [6.45, 7) is 7.34. The average Bonchev–Trinajstić information content (AvgIpc) is 1.98. The summed E-state index contributed by atoms with van der Waals surface area (Å²) in [4.78, 5) is 14.3. The molecule has 11 heavy (non-hydrogen) atoms. The Balaban J connectivity index is 3.94. The Hall–Kier alpha value is -0.700. The van der Waals surface area contributed by atoms with Gasteiger partial charge in [-0.1, -0.05) is 13.8 Å². The number of aliphatic imine (C=N–C) groups is 1. The Morgan fingerprint density at radius 2 is 2.18 bits per heavy atom. The Morgan fingerprint density at radius 3 is 2.45 bits per heavy atom. The van der Waals surface area contributed by atoms with Crippen molar-refractivity contribution in [3.05, 3.63) is 0 Å². The maximum Gasteiger partial charge on any atom is 0.262 e. The van der Waals surface area contributed by atoms with Gasteiger partial charge in [0.2, 0.25) is 0 Å². The van der Waals surface area contributed by atoms with Crippen LogP contribution in [-0.2, 0) is 4.79 Å². The third-order valence-corrected chi connectivity index (χ3v) is 1.51. The fourth-order valence-electron chi connectivity index (χ4n) is 0.924. The molecule has 0 saturated carbocycles. The van der Waals surface area contributed by atoms with Crippen LogP contribution < -0.4 is 5.32 Å². The number of hydrogen-bond donors (Lipinski definition) is 1. The van der Waals surface area contributed by atoms with E-state index in [-0.39, 0.29) is 11.9 Å². The average molecular weight is 156 g/mol. The van der Waals surface area contributed by atoms with Crippen LogP contribution in [0.2, 0.25) is 0 Å². The molecule has 0 fully saturated rings. The number of likely N-dealkylation sites (N-methyl/N-ethyl adjacent to an activating group) is 1. The summed E-state index contributed by atoms with van der Waals surface area (Å²) in [7, 11) is 1.76. The van der Waals surface area contributed by atoms with Crippen LogP contribution in [0.25, 0.3) is 0 Å². The molecule has 0 saturated heterocycles. The van der Waals surface area contributed by atoms with Gasteiger partial charge in [0.1, 0.15) is 0 Å². The van der Waals surface area contributed by atoms with E-state index in [0.717, 1.165) is 6.42 Å². The number of rotatable bonds is 4. The number of nitrogens with zero attached hydrogens (tertiary/aromatic N) is 1. The molecule has 0 aromatic heterocycles. The number of hydrogen-bond acceptors (Lipinski definition) is 2. The zero-order valence-corrected chi connectivity index (χ0v) is 7.42. The summed E-state index contributed by atoms with van der Waals surface area (Å²) < 4.78 is 0. The van der Waals surface area contributed by atoms with Crippen LogP contribution in [0.15, 0.2) is 4.99 Å². The molecule has 0 aliphatic carbocycles. The second-order valence-corrected chi connectivity index (χ2v) is 2.97. The molecule has 0 aromatic carbocycles. The Bertz CT molecular complexity index is 143. The molecule has 0 rings (SSSR count). The van der Waals surface area contributed by atoms with Crippen molar-refractivity contribution in [1.29, 1.82) is 0 Å². The standard InChI is InChI=1S/C8H16N2O/c1-6(2)5-7(9-3)8(11)10-4/h6-7,9H,4-5H2,1-3H3/t7-/m0/s1. The molecule has 0 aromatic rings. The number of carbonyl (C=O) groups excluding carboxylic acids is 1. The largest absolute Gasteiger partial charge is 0.309 e. The molecule has 0 aliphatic rings. The quantitative estimate of drug-likeness (QED) is 0.613. The van der Waals surface area contributed by atoms with Crippen LogP contribution in [0.1, 0.15) is 20.3 Å². The monoisotopic (exact) mass is 156 g/mol. The van der Waals surface area contributed by atoms with E-state index in [9.17, 15) is 4.79 Å². The topological polar surface area (TPSA) is 41.5 Å². The van der Waals surface area contributed by atoms with Crippen LogP contribution in [0.3, 0.4) is 0 Å². The van der Waals surface area contributed by atoms with Crippen molar-refractivity contribution in [2.24, 2.45) is 10.9 Å². The van der Waals surface area contributed by atoms with Crippen molar-refractivity contribution < 1.29 is 4.79 Å². The number of amides is 1. The predicted molar refractivity (Wildman–Crippen MR) is 46.9 cm³/mol. The van der Waals surface area contributed by atoms with Crippen LogP contribution in [0, 0.1) is 5.92 Å². The molecule has 3 heteroatoms. The molecule has 0 unspecified atom stereocenters. The Labute approximate surface area is 67.9 Å². The van der Waals surface area contributed by atoms with Gasteiger partial charge in [0.15, 0.2) is 0 Å². The minimum absolute atomic E-state index is 0.160. The van der Waals surface area contributed by atoms with Crippen molar-refractivity contribution in [3.63, 3.8) is 0 Å². The minimum Gasteiger partial charge on any atom is -0.309 e. The van der Waals surface area contributed by atoms with Crippen LogP contribution in [0.5, 0.6) is 0 Å². The lowest BCUT2D eigenvalue weighted by Gasteiger charge is -2.13. The zero-order valence-electron chi connectivity index (χ0n) is 7.42. The fraction of sp³-hybridized carbons (Fsp3) is 0.750. The highest BCUT2D eigenvalue weighted by Gasteiger charge is 2.15. The fourth-order valence-corrected chi connectivity index (χ4v) is 0.924. The highest BCUT2D eigenvalue weighted by atomic mass is 16.1. The van der Waals surface area contributed by atoms with Gasteiger partial charge in [-0.25, -0.2) is 4.99 Å². The highest BCUT2D eigenvalue weighted by molar-refractivity contribution is 5.85. The molecule has 64 valence electrons. The SMILES string of the molecule is C=NC(=O)[C@H](CC(C)C)NC. The lowest BCUT2D eigenvalue weighted by atomic mass is 10.0. The second-order valence-electron chi connectivity index (χ2n) is 2.97. The molecule has 3 nitrogen and oxygen atoms in total. The van der Waals surface area contributed by atoms with E-state index >= 15 is 0 Å². The van der Waals surface area contributed by atoms with Gasteiger partial charge in [-0.2, -0.15) is 0 Å². The number of carbonyl (C=O) groups is 1. The third kappa shape index (κ3) is 3.88. The molecule has 1 atom stereocenters. The molecule has 0 heterocycles. The lowest BCUT2D eigenvalue weighted by molar-refractivity contribution is -0.119. The molecule has 0 radical (unpaired) electrons. The van der Waals surface area contributed by atoms with Gasteiger partial charge in [0, 0.05) is 0 Å². The van der Waals surface area contributed by atoms with Gasteiger partial charge < -0.3 is 5.32 Å². The van der Waals surface area contributed by atoms with E-state index in [0.29, 0.717) is 5.92 Å². The van der Waals surface area contributed by atoms with Gasteiger partial charge >= 0.3 is 0 Å². The van der Waals surface area contributed by atoms with Gasteiger partial charge in [-0.15, -0.1) is 0 Å². The van der Waals surface area contributed by atoms with Crippen molar-refractivity contribution in [2.75, 3.05) is 7.05 Å². The molecule has 0 bridgehead atoms. The first-order chi connectivity index (χ1) is 5.11. The molecule has 1 amide bonds. The first kappa shape index (κ1) is 10.3. The van der Waals surface area contributed by atoms with Crippen molar-refractivity contribution in [1.82, 2.24) is 5.32 Å². The van der Waals surface area contributed by atoms with E-state index in [1.54, 1.807) is 7.05 Å². The van der Waals surface area contributed by atoms with Crippen LogP contribution >= 0.6 is 0 Å². The van der Waals surface area contributed by atoms with E-state index in [4.69, 9.17) is 0 Å². The molecular formula is C8H16N2O. The van der Waals surface area contributed by atoms with E-state index < -0.39 is 0 Å². The van der Waals surface area contributed by atoms with E-state index in [2.05, 4.69) is 30.9 Å². The van der Waals surface area contributed by atoms with Gasteiger partial charge in [-0.05, 0) is 26.1 Å². The highest BCUT2D eigenvalue weighted by Crippen LogP contribution is 2.05. The Morgan fingerprint density at radius 1 is 1.64 bits per heavy atom. The second kappa shape index (κ2) is 5.02. The van der Waals surface area contributed by atoms with Crippen molar-refractivity contribution >= 4 is 12.6 Å². The summed E-state index contributed by atoms with van der Waals surface area (Å²) in [6.07, 6.45) is 0.814. The zero-order chi connectivity index (χ0) is 8.85. The third-order valence-electron chi connectivity index (χ3n) is 1.51. The summed E-state index contributed by atoms with van der Waals surface area (Å²) in [5.41, 5.74) is 0. The first-order valence-corrected chi connectivity index (χ1v) is 3.79.